The van der Waals surface area contributed by atoms with Crippen molar-refractivity contribution in [1.82, 2.24) is 15.5 Å². The summed E-state index contributed by atoms with van der Waals surface area (Å²) in [5.41, 5.74) is 0. The molecule has 2 fully saturated rings. The van der Waals surface area contributed by atoms with Gasteiger partial charge in [-0.05, 0) is 13.8 Å². The molecule has 2 N–H and O–H groups in total. The molecule has 0 bridgehead atoms. The first kappa shape index (κ1) is 12.7. The lowest BCUT2D eigenvalue weighted by Gasteiger charge is -2.21. The number of amides is 2. The van der Waals surface area contributed by atoms with E-state index in [0.717, 1.165) is 11.6 Å². The van der Waals surface area contributed by atoms with Crippen LogP contribution in [0.25, 0.3) is 0 Å². The zero-order chi connectivity index (χ0) is 12.4. The standard InChI is InChI=1S/C11H19N3O2S/c1-7(2)14-4-8(3-10(14)15)13-11(16)9-5-17-6-12-9/h7-9,12H,3-6H2,1-2H3,(H,13,16). The Balaban J connectivity index is 1.84. The van der Waals surface area contributed by atoms with E-state index in [4.69, 9.17) is 0 Å². The van der Waals surface area contributed by atoms with Crippen LogP contribution < -0.4 is 10.6 Å². The van der Waals surface area contributed by atoms with Crippen molar-refractivity contribution in [3.8, 4) is 0 Å². The lowest BCUT2D eigenvalue weighted by atomic mass is 10.2. The molecule has 2 aliphatic rings. The molecule has 0 aromatic rings. The lowest BCUT2D eigenvalue weighted by Crippen LogP contribution is -2.47. The van der Waals surface area contributed by atoms with Gasteiger partial charge in [0, 0.05) is 30.6 Å². The number of nitrogens with one attached hydrogen (secondary N) is 2. The maximum Gasteiger partial charge on any atom is 0.238 e. The summed E-state index contributed by atoms with van der Waals surface area (Å²) < 4.78 is 0. The summed E-state index contributed by atoms with van der Waals surface area (Å²) in [7, 11) is 0. The van der Waals surface area contributed by atoms with Gasteiger partial charge in [-0.1, -0.05) is 0 Å². The molecule has 17 heavy (non-hydrogen) atoms. The fourth-order valence-electron chi connectivity index (χ4n) is 2.19. The van der Waals surface area contributed by atoms with E-state index in [1.54, 1.807) is 11.8 Å². The quantitative estimate of drug-likeness (QED) is 0.733. The molecule has 96 valence electrons. The van der Waals surface area contributed by atoms with Gasteiger partial charge < -0.3 is 10.2 Å². The predicted octanol–water partition coefficient (Wildman–Crippen LogP) is -0.226. The van der Waals surface area contributed by atoms with Crippen molar-refractivity contribution in [1.29, 1.82) is 0 Å². The van der Waals surface area contributed by atoms with Gasteiger partial charge >= 0.3 is 0 Å². The molecule has 2 unspecified atom stereocenters. The van der Waals surface area contributed by atoms with E-state index in [2.05, 4.69) is 10.6 Å². The third-order valence-electron chi connectivity index (χ3n) is 3.16. The fourth-order valence-corrected chi connectivity index (χ4v) is 3.13. The van der Waals surface area contributed by atoms with Gasteiger partial charge in [-0.3, -0.25) is 14.9 Å². The molecule has 5 nitrogen and oxygen atoms in total. The molecule has 2 saturated heterocycles. The Kier molecular flexibility index (Phi) is 3.93. The van der Waals surface area contributed by atoms with E-state index in [-0.39, 0.29) is 29.9 Å². The van der Waals surface area contributed by atoms with Crippen molar-refractivity contribution in [2.24, 2.45) is 0 Å². The van der Waals surface area contributed by atoms with Crippen LogP contribution in [0.3, 0.4) is 0 Å². The van der Waals surface area contributed by atoms with Gasteiger partial charge in [0.05, 0.1) is 12.1 Å². The zero-order valence-corrected chi connectivity index (χ0v) is 11.0. The highest BCUT2D eigenvalue weighted by molar-refractivity contribution is 7.99. The molecule has 0 aromatic heterocycles. The van der Waals surface area contributed by atoms with Crippen molar-refractivity contribution in [2.45, 2.75) is 38.4 Å². The van der Waals surface area contributed by atoms with Crippen LogP contribution in [-0.2, 0) is 9.59 Å². The van der Waals surface area contributed by atoms with Crippen molar-refractivity contribution < 1.29 is 9.59 Å². The Morgan fingerprint density at radius 2 is 2.35 bits per heavy atom. The molecule has 2 rings (SSSR count). The minimum Gasteiger partial charge on any atom is -0.350 e. The fraction of sp³-hybridized carbons (Fsp3) is 0.818. The van der Waals surface area contributed by atoms with E-state index in [9.17, 15) is 9.59 Å². The van der Waals surface area contributed by atoms with E-state index in [1.165, 1.54) is 0 Å². The predicted molar refractivity (Wildman–Crippen MR) is 67.6 cm³/mol. The Bertz CT molecular complexity index is 316. The monoisotopic (exact) mass is 257 g/mol. The molecule has 2 amide bonds. The van der Waals surface area contributed by atoms with Crippen LogP contribution in [0, 0.1) is 0 Å². The number of carbonyl (C=O) groups is 2. The first-order valence-electron chi connectivity index (χ1n) is 5.99. The van der Waals surface area contributed by atoms with Crippen molar-refractivity contribution >= 4 is 23.6 Å². The number of thioether (sulfide) groups is 1. The summed E-state index contributed by atoms with van der Waals surface area (Å²) >= 11 is 1.73. The smallest absolute Gasteiger partial charge is 0.238 e. The highest BCUT2D eigenvalue weighted by Gasteiger charge is 2.33. The SMILES string of the molecule is CC(C)N1CC(NC(=O)C2CSCN2)CC1=O. The minimum atomic E-state index is -0.0943. The molecule has 0 radical (unpaired) electrons. The average molecular weight is 257 g/mol. The summed E-state index contributed by atoms with van der Waals surface area (Å²) in [6.07, 6.45) is 0.434. The molecule has 2 heterocycles. The van der Waals surface area contributed by atoms with E-state index >= 15 is 0 Å². The number of nitrogens with zero attached hydrogens (tertiary/aromatic N) is 1. The van der Waals surface area contributed by atoms with Gasteiger partial charge in [-0.15, -0.1) is 11.8 Å². The number of hydrogen-bond acceptors (Lipinski definition) is 4. The van der Waals surface area contributed by atoms with Gasteiger partial charge in [-0.2, -0.15) is 0 Å². The van der Waals surface area contributed by atoms with Crippen molar-refractivity contribution in [2.75, 3.05) is 18.2 Å². The Morgan fingerprint density at radius 3 is 2.88 bits per heavy atom. The molecule has 2 aliphatic heterocycles. The van der Waals surface area contributed by atoms with Crippen LogP contribution in [0.15, 0.2) is 0 Å². The number of hydrogen-bond donors (Lipinski definition) is 2. The maximum absolute atomic E-state index is 11.9. The van der Waals surface area contributed by atoms with Crippen LogP contribution in [0.4, 0.5) is 0 Å². The molecule has 6 heteroatoms. The van der Waals surface area contributed by atoms with Gasteiger partial charge in [-0.25, -0.2) is 0 Å². The molecular weight excluding hydrogens is 238 g/mol. The molecular formula is C11H19N3O2S. The highest BCUT2D eigenvalue weighted by atomic mass is 32.2. The summed E-state index contributed by atoms with van der Waals surface area (Å²) in [5.74, 6) is 1.82. The average Bonchev–Trinajstić information content (AvgIpc) is 2.86. The van der Waals surface area contributed by atoms with Gasteiger partial charge in [0.15, 0.2) is 0 Å². The molecule has 2 atom stereocenters. The first-order chi connectivity index (χ1) is 8.08. The minimum absolute atomic E-state index is 0.0233. The number of likely N-dealkylation sites (tertiary alicyclic amines) is 1. The third kappa shape index (κ3) is 2.93. The van der Waals surface area contributed by atoms with Crippen molar-refractivity contribution in [3.63, 3.8) is 0 Å². The van der Waals surface area contributed by atoms with Gasteiger partial charge in [0.2, 0.25) is 11.8 Å². The summed E-state index contributed by atoms with van der Waals surface area (Å²) in [6, 6.07) is 0.0950. The van der Waals surface area contributed by atoms with E-state index in [0.29, 0.717) is 13.0 Å². The largest absolute Gasteiger partial charge is 0.350 e. The van der Waals surface area contributed by atoms with Crippen LogP contribution >= 0.6 is 11.8 Å². The Hall–Kier alpha value is -0.750. The highest BCUT2D eigenvalue weighted by Crippen LogP contribution is 2.15. The first-order valence-corrected chi connectivity index (χ1v) is 7.14. The zero-order valence-electron chi connectivity index (χ0n) is 10.2. The Morgan fingerprint density at radius 1 is 1.59 bits per heavy atom. The second-order valence-electron chi connectivity index (χ2n) is 4.82. The maximum atomic E-state index is 11.9. The Labute approximate surface area is 106 Å². The second kappa shape index (κ2) is 5.27. The van der Waals surface area contributed by atoms with E-state index < -0.39 is 0 Å². The summed E-state index contributed by atoms with van der Waals surface area (Å²) in [6.45, 7) is 4.64. The van der Waals surface area contributed by atoms with Crippen LogP contribution in [-0.4, -0.2) is 53.0 Å². The van der Waals surface area contributed by atoms with Gasteiger partial charge in [0.1, 0.15) is 0 Å². The normalized spacial score (nSPS) is 29.1. The molecule has 0 spiro atoms. The summed E-state index contributed by atoms with van der Waals surface area (Å²) in [5, 5.41) is 6.09. The number of rotatable bonds is 3. The molecule has 0 aliphatic carbocycles. The third-order valence-corrected chi connectivity index (χ3v) is 4.10. The lowest BCUT2D eigenvalue weighted by molar-refractivity contribution is -0.129. The van der Waals surface area contributed by atoms with Gasteiger partial charge in [0.25, 0.3) is 0 Å². The van der Waals surface area contributed by atoms with Crippen LogP contribution in [0.1, 0.15) is 20.3 Å². The van der Waals surface area contributed by atoms with E-state index in [1.807, 2.05) is 18.7 Å². The number of carbonyl (C=O) groups excluding carboxylic acids is 2. The topological polar surface area (TPSA) is 61.4 Å². The molecule has 0 aromatic carbocycles. The molecule has 0 saturated carbocycles. The summed E-state index contributed by atoms with van der Waals surface area (Å²) in [4.78, 5) is 25.4. The van der Waals surface area contributed by atoms with Crippen LogP contribution in [0.2, 0.25) is 0 Å². The van der Waals surface area contributed by atoms with Crippen LogP contribution in [0.5, 0.6) is 0 Å². The van der Waals surface area contributed by atoms with Crippen molar-refractivity contribution in [3.05, 3.63) is 0 Å². The second-order valence-corrected chi connectivity index (χ2v) is 5.85.